The summed E-state index contributed by atoms with van der Waals surface area (Å²) in [6, 6.07) is 6.23. The maximum absolute atomic E-state index is 13.1. The zero-order valence-electron chi connectivity index (χ0n) is 20.1. The van der Waals surface area contributed by atoms with Crippen LogP contribution in [0.25, 0.3) is 10.9 Å². The molecule has 13 heteroatoms. The van der Waals surface area contributed by atoms with Gasteiger partial charge in [0.15, 0.2) is 5.01 Å². The van der Waals surface area contributed by atoms with E-state index in [1.165, 1.54) is 11.3 Å². The molecule has 2 aromatic heterocycles. The molecule has 37 heavy (non-hydrogen) atoms. The van der Waals surface area contributed by atoms with Crippen LogP contribution in [0.5, 0.6) is 0 Å². The smallest absolute Gasteiger partial charge is 0.317 e. The molecule has 2 aliphatic rings. The van der Waals surface area contributed by atoms with Crippen molar-refractivity contribution in [1.82, 2.24) is 30.4 Å². The number of hydrogen-bond acceptors (Lipinski definition) is 7. The summed E-state index contributed by atoms with van der Waals surface area (Å²) in [7, 11) is 2.04. The summed E-state index contributed by atoms with van der Waals surface area (Å²) in [5.41, 5.74) is 2.15. The van der Waals surface area contributed by atoms with Gasteiger partial charge in [-0.3, -0.25) is 19.3 Å². The molecule has 2 atom stereocenters. The first-order valence-electron chi connectivity index (χ1n) is 11.8. The fourth-order valence-electron chi connectivity index (χ4n) is 4.80. The fraction of sp³-hybridized carbons (Fsp3) is 0.417. The number of halogens is 2. The molecule has 1 saturated heterocycles. The number of carbonyl (C=O) groups excluding carboxylic acids is 2. The summed E-state index contributed by atoms with van der Waals surface area (Å²) < 4.78 is 0. The highest BCUT2D eigenvalue weighted by Gasteiger charge is 2.34. The van der Waals surface area contributed by atoms with Crippen molar-refractivity contribution in [2.75, 3.05) is 33.2 Å². The summed E-state index contributed by atoms with van der Waals surface area (Å²) in [6.07, 6.45) is 1.30. The Balaban J connectivity index is 0.00000320. The number of thiazole rings is 1. The number of carbonyl (C=O) groups is 3. The Kier molecular flexibility index (Phi) is 8.39. The van der Waals surface area contributed by atoms with Crippen LogP contribution in [0.3, 0.4) is 0 Å². The molecule has 4 N–H and O–H groups in total. The molecule has 2 aliphatic heterocycles. The number of likely N-dealkylation sites (N-methyl/N-ethyl adjacent to an activating group) is 1. The number of carboxylic acid groups (broad SMARTS) is 1. The summed E-state index contributed by atoms with van der Waals surface area (Å²) in [5, 5.41) is 17.1. The Labute approximate surface area is 228 Å². The summed E-state index contributed by atoms with van der Waals surface area (Å²) >= 11 is 7.45. The maximum atomic E-state index is 13.1. The van der Waals surface area contributed by atoms with Crippen molar-refractivity contribution in [2.24, 2.45) is 0 Å². The number of nitrogens with zero attached hydrogens (tertiary/aromatic N) is 3. The van der Waals surface area contributed by atoms with Crippen molar-refractivity contribution in [3.63, 3.8) is 0 Å². The Hall–Kier alpha value is -2.70. The van der Waals surface area contributed by atoms with Crippen molar-refractivity contribution in [3.05, 3.63) is 50.6 Å². The van der Waals surface area contributed by atoms with E-state index < -0.39 is 12.0 Å². The first kappa shape index (κ1) is 27.3. The standard InChI is InChI=1S/C24H27ClN6O4S.ClH/c1-30-6-4-17-20(11-30)36-24(29-17)23(35)28-19-10-31(12-21(32)33)7-5-16(19)27-22(34)18-9-13-8-14(25)2-3-15(13)26-18;/h2-3,8-9,16,19,26H,4-7,10-12H2,1H3,(H,27,34)(H,28,35)(H,32,33);1H/t16-,19+;/m0./s1. The number of hydrogen-bond donors (Lipinski definition) is 4. The zero-order valence-corrected chi connectivity index (χ0v) is 22.5. The van der Waals surface area contributed by atoms with Gasteiger partial charge >= 0.3 is 5.97 Å². The lowest BCUT2D eigenvalue weighted by Gasteiger charge is -2.38. The van der Waals surface area contributed by atoms with Gasteiger partial charge in [0.2, 0.25) is 0 Å². The van der Waals surface area contributed by atoms with Crippen LogP contribution in [0.4, 0.5) is 0 Å². The van der Waals surface area contributed by atoms with Gasteiger partial charge in [0, 0.05) is 53.4 Å². The number of benzene rings is 1. The average molecular weight is 567 g/mol. The SMILES string of the molecule is CN1CCc2nc(C(=O)N[C@@H]3CN(CC(=O)O)CC[C@@H]3NC(=O)c3cc4cc(Cl)ccc4[nH]3)sc2C1.Cl. The minimum absolute atomic E-state index is 0. The molecule has 0 saturated carbocycles. The summed E-state index contributed by atoms with van der Waals surface area (Å²) in [5.74, 6) is -1.54. The molecule has 0 bridgehead atoms. The number of aromatic nitrogens is 2. The number of rotatable bonds is 6. The Morgan fingerprint density at radius 3 is 2.76 bits per heavy atom. The molecule has 3 aromatic rings. The number of fused-ring (bicyclic) bond motifs is 2. The van der Waals surface area contributed by atoms with E-state index in [1.807, 2.05) is 13.1 Å². The van der Waals surface area contributed by atoms with Crippen molar-refractivity contribution in [1.29, 1.82) is 0 Å². The normalized spacial score (nSPS) is 20.2. The van der Waals surface area contributed by atoms with Gasteiger partial charge in [-0.25, -0.2) is 4.98 Å². The summed E-state index contributed by atoms with van der Waals surface area (Å²) in [6.45, 7) is 2.33. The molecule has 2 amide bonds. The van der Waals surface area contributed by atoms with Crippen LogP contribution in [-0.2, 0) is 17.8 Å². The van der Waals surface area contributed by atoms with E-state index in [4.69, 9.17) is 11.6 Å². The lowest BCUT2D eigenvalue weighted by molar-refractivity contribution is -0.138. The third kappa shape index (κ3) is 6.24. The predicted octanol–water partition coefficient (Wildman–Crippen LogP) is 2.37. The van der Waals surface area contributed by atoms with Gasteiger partial charge in [0.05, 0.1) is 24.3 Å². The minimum atomic E-state index is -0.934. The van der Waals surface area contributed by atoms with Crippen LogP contribution in [0, 0.1) is 0 Å². The van der Waals surface area contributed by atoms with E-state index in [-0.39, 0.29) is 36.8 Å². The molecular formula is C24H28Cl2N6O4S. The average Bonchev–Trinajstić information content (AvgIpc) is 3.44. The van der Waals surface area contributed by atoms with Crippen LogP contribution >= 0.6 is 35.3 Å². The highest BCUT2D eigenvalue weighted by Crippen LogP contribution is 2.25. The van der Waals surface area contributed by atoms with Crippen LogP contribution in [-0.4, -0.2) is 88.0 Å². The van der Waals surface area contributed by atoms with E-state index in [0.717, 1.165) is 41.0 Å². The van der Waals surface area contributed by atoms with Gasteiger partial charge in [-0.05, 0) is 37.7 Å². The molecular weight excluding hydrogens is 539 g/mol. The second-order valence-electron chi connectivity index (χ2n) is 9.37. The van der Waals surface area contributed by atoms with E-state index in [1.54, 1.807) is 23.1 Å². The lowest BCUT2D eigenvalue weighted by atomic mass is 9.98. The van der Waals surface area contributed by atoms with Crippen LogP contribution < -0.4 is 10.6 Å². The fourth-order valence-corrected chi connectivity index (χ4v) is 6.07. The number of likely N-dealkylation sites (tertiary alicyclic amines) is 1. The number of nitrogens with one attached hydrogen (secondary N) is 3. The predicted molar refractivity (Wildman–Crippen MR) is 144 cm³/mol. The molecule has 0 aliphatic carbocycles. The number of carboxylic acids is 1. The Morgan fingerprint density at radius 1 is 1.19 bits per heavy atom. The molecule has 5 rings (SSSR count). The highest BCUT2D eigenvalue weighted by molar-refractivity contribution is 7.13. The van der Waals surface area contributed by atoms with Gasteiger partial charge in [-0.2, -0.15) is 0 Å². The quantitative estimate of drug-likeness (QED) is 0.360. The Bertz CT molecular complexity index is 1330. The third-order valence-electron chi connectivity index (χ3n) is 6.63. The highest BCUT2D eigenvalue weighted by atomic mass is 35.5. The van der Waals surface area contributed by atoms with Gasteiger partial charge in [0.25, 0.3) is 11.8 Å². The van der Waals surface area contributed by atoms with Crippen molar-refractivity contribution in [3.8, 4) is 0 Å². The first-order chi connectivity index (χ1) is 17.2. The Morgan fingerprint density at radius 2 is 1.97 bits per heavy atom. The van der Waals surface area contributed by atoms with E-state index in [0.29, 0.717) is 35.2 Å². The lowest BCUT2D eigenvalue weighted by Crippen LogP contribution is -2.61. The van der Waals surface area contributed by atoms with Crippen molar-refractivity contribution < 1.29 is 19.5 Å². The van der Waals surface area contributed by atoms with E-state index in [9.17, 15) is 19.5 Å². The van der Waals surface area contributed by atoms with Gasteiger partial charge < -0.3 is 25.6 Å². The number of aliphatic carboxylic acids is 1. The van der Waals surface area contributed by atoms with Gasteiger partial charge in [0.1, 0.15) is 5.69 Å². The zero-order chi connectivity index (χ0) is 25.4. The van der Waals surface area contributed by atoms with Crippen molar-refractivity contribution in [2.45, 2.75) is 31.5 Å². The molecule has 0 unspecified atom stereocenters. The van der Waals surface area contributed by atoms with Gasteiger partial charge in [-0.15, -0.1) is 23.7 Å². The van der Waals surface area contributed by atoms with Crippen LogP contribution in [0.1, 0.15) is 37.3 Å². The van der Waals surface area contributed by atoms with Crippen molar-refractivity contribution >= 4 is 64.0 Å². The van der Waals surface area contributed by atoms with Gasteiger partial charge in [-0.1, -0.05) is 11.6 Å². The maximum Gasteiger partial charge on any atom is 0.317 e. The second-order valence-corrected chi connectivity index (χ2v) is 10.9. The molecule has 1 fully saturated rings. The topological polar surface area (TPSA) is 131 Å². The van der Waals surface area contributed by atoms with Crippen LogP contribution in [0.15, 0.2) is 24.3 Å². The first-order valence-corrected chi connectivity index (χ1v) is 13.0. The molecule has 1 aromatic carbocycles. The molecule has 10 nitrogen and oxygen atoms in total. The van der Waals surface area contributed by atoms with E-state index >= 15 is 0 Å². The number of piperidine rings is 1. The molecule has 0 radical (unpaired) electrons. The van der Waals surface area contributed by atoms with Crippen LogP contribution in [0.2, 0.25) is 5.02 Å². The molecule has 0 spiro atoms. The number of H-pyrrole nitrogens is 1. The third-order valence-corrected chi connectivity index (χ3v) is 7.95. The molecule has 4 heterocycles. The monoisotopic (exact) mass is 566 g/mol. The number of amides is 2. The largest absolute Gasteiger partial charge is 0.480 e. The minimum Gasteiger partial charge on any atom is -0.480 e. The molecule has 198 valence electrons. The van der Waals surface area contributed by atoms with E-state index in [2.05, 4.69) is 25.5 Å². The summed E-state index contributed by atoms with van der Waals surface area (Å²) in [4.78, 5) is 50.2. The number of aromatic amines is 1. The second kappa shape index (κ2) is 11.4.